The van der Waals surface area contributed by atoms with Gasteiger partial charge in [-0.1, -0.05) is 0 Å². The fourth-order valence-corrected chi connectivity index (χ4v) is 3.33. The van der Waals surface area contributed by atoms with E-state index in [1.807, 2.05) is 0 Å². The van der Waals surface area contributed by atoms with Gasteiger partial charge >= 0.3 is 0 Å². The second-order valence-corrected chi connectivity index (χ2v) is 6.73. The number of nitrogens with zero attached hydrogens (tertiary/aromatic N) is 5. The number of carbonyl (C=O) groups is 1. The average molecular weight is 381 g/mol. The number of aromatic nitrogens is 4. The maximum Gasteiger partial charge on any atom is 0.272 e. The predicted octanol–water partition coefficient (Wildman–Crippen LogP) is 2.70. The van der Waals surface area contributed by atoms with Gasteiger partial charge in [-0.05, 0) is 43.2 Å². The summed E-state index contributed by atoms with van der Waals surface area (Å²) in [6.07, 6.45) is 4.66. The molecule has 0 aliphatic carbocycles. The van der Waals surface area contributed by atoms with Crippen LogP contribution in [0.1, 0.15) is 23.3 Å². The van der Waals surface area contributed by atoms with Crippen molar-refractivity contribution >= 4 is 5.91 Å². The van der Waals surface area contributed by atoms with Crippen LogP contribution in [0.4, 0.5) is 4.39 Å². The van der Waals surface area contributed by atoms with E-state index in [0.29, 0.717) is 30.4 Å². The molecular weight excluding hydrogens is 361 g/mol. The Morgan fingerprint density at radius 3 is 2.82 bits per heavy atom. The lowest BCUT2D eigenvalue weighted by Crippen LogP contribution is -2.45. The van der Waals surface area contributed by atoms with Crippen LogP contribution in [-0.2, 0) is 7.05 Å². The van der Waals surface area contributed by atoms with E-state index in [-0.39, 0.29) is 17.8 Å². The third kappa shape index (κ3) is 3.85. The molecule has 1 unspecified atom stereocenters. The van der Waals surface area contributed by atoms with Gasteiger partial charge in [0.05, 0.1) is 12.2 Å². The van der Waals surface area contributed by atoms with Gasteiger partial charge in [0.25, 0.3) is 5.91 Å². The summed E-state index contributed by atoms with van der Waals surface area (Å²) in [5.41, 5.74) is 1.89. The van der Waals surface area contributed by atoms with Crippen molar-refractivity contribution in [2.75, 3.05) is 13.1 Å². The number of rotatable bonds is 4. The first-order valence-electron chi connectivity index (χ1n) is 9.12. The van der Waals surface area contributed by atoms with Crippen LogP contribution in [0, 0.1) is 5.82 Å². The molecule has 0 radical (unpaired) electrons. The minimum absolute atomic E-state index is 0.0978. The molecule has 1 saturated heterocycles. The Hall–Kier alpha value is -3.29. The van der Waals surface area contributed by atoms with Crippen molar-refractivity contribution in [2.45, 2.75) is 18.9 Å². The molecule has 3 aromatic rings. The first kappa shape index (κ1) is 18.1. The third-order valence-electron chi connectivity index (χ3n) is 4.75. The predicted molar refractivity (Wildman–Crippen MR) is 100 cm³/mol. The lowest BCUT2D eigenvalue weighted by Gasteiger charge is -2.32. The van der Waals surface area contributed by atoms with Gasteiger partial charge < -0.3 is 9.64 Å². The second kappa shape index (κ2) is 7.75. The zero-order valence-corrected chi connectivity index (χ0v) is 15.5. The summed E-state index contributed by atoms with van der Waals surface area (Å²) < 4.78 is 20.6. The van der Waals surface area contributed by atoms with Gasteiger partial charge in [0.15, 0.2) is 0 Å². The monoisotopic (exact) mass is 381 g/mol. The van der Waals surface area contributed by atoms with Crippen LogP contribution in [0.15, 0.2) is 48.9 Å². The van der Waals surface area contributed by atoms with Crippen LogP contribution in [-0.4, -0.2) is 49.7 Å². The Labute approximate surface area is 161 Å². The highest BCUT2D eigenvalue weighted by Gasteiger charge is 2.28. The number of benzene rings is 1. The number of likely N-dealkylation sites (tertiary alicyclic amines) is 1. The quantitative estimate of drug-likeness (QED) is 0.695. The molecule has 144 valence electrons. The zero-order valence-electron chi connectivity index (χ0n) is 15.5. The first-order valence-corrected chi connectivity index (χ1v) is 9.12. The number of piperidine rings is 1. The summed E-state index contributed by atoms with van der Waals surface area (Å²) in [7, 11) is 1.74. The Morgan fingerprint density at radius 1 is 1.25 bits per heavy atom. The molecule has 3 heterocycles. The molecule has 4 rings (SSSR count). The first-order chi connectivity index (χ1) is 13.6. The zero-order chi connectivity index (χ0) is 19.5. The minimum Gasteiger partial charge on any atom is -0.472 e. The fourth-order valence-electron chi connectivity index (χ4n) is 3.33. The molecular formula is C20H20FN5O2. The van der Waals surface area contributed by atoms with E-state index in [1.165, 1.54) is 18.5 Å². The van der Waals surface area contributed by atoms with Crippen LogP contribution < -0.4 is 4.74 Å². The molecule has 1 fully saturated rings. The number of amides is 1. The molecule has 7 nitrogen and oxygen atoms in total. The molecule has 1 atom stereocenters. The summed E-state index contributed by atoms with van der Waals surface area (Å²) in [5.74, 6) is 0.104. The maximum atomic E-state index is 13.1. The van der Waals surface area contributed by atoms with E-state index in [4.69, 9.17) is 4.74 Å². The molecule has 0 saturated carbocycles. The van der Waals surface area contributed by atoms with Crippen LogP contribution >= 0.6 is 0 Å². The van der Waals surface area contributed by atoms with E-state index < -0.39 is 0 Å². The Morgan fingerprint density at radius 2 is 2.07 bits per heavy atom. The summed E-state index contributed by atoms with van der Waals surface area (Å²) >= 11 is 0. The van der Waals surface area contributed by atoms with Crippen molar-refractivity contribution in [2.24, 2.45) is 7.05 Å². The standard InChI is InChI=1S/C20H20FN5O2/c1-25-18(11-17(24-25)14-4-6-15(21)7-5-14)20(27)26-10-2-3-16(12-26)28-19-8-9-22-13-23-19/h4-9,11,13,16H,2-3,10,12H2,1H3. The average Bonchev–Trinajstić information content (AvgIpc) is 3.10. The number of halogens is 1. The largest absolute Gasteiger partial charge is 0.472 e. The highest BCUT2D eigenvalue weighted by Crippen LogP contribution is 2.22. The van der Waals surface area contributed by atoms with Gasteiger partial charge in [0.1, 0.15) is 23.9 Å². The summed E-state index contributed by atoms with van der Waals surface area (Å²) in [5, 5.41) is 4.41. The Kier molecular flexibility index (Phi) is 5.01. The molecule has 1 amide bonds. The van der Waals surface area contributed by atoms with Gasteiger partial charge in [-0.2, -0.15) is 5.10 Å². The smallest absolute Gasteiger partial charge is 0.272 e. The van der Waals surface area contributed by atoms with E-state index in [2.05, 4.69) is 15.1 Å². The van der Waals surface area contributed by atoms with Gasteiger partial charge in [-0.25, -0.2) is 14.4 Å². The molecule has 2 aromatic heterocycles. The van der Waals surface area contributed by atoms with Gasteiger partial charge in [-0.3, -0.25) is 9.48 Å². The highest BCUT2D eigenvalue weighted by molar-refractivity contribution is 5.93. The molecule has 1 aliphatic rings. The SMILES string of the molecule is Cn1nc(-c2ccc(F)cc2)cc1C(=O)N1CCCC(Oc2ccncn2)C1. The van der Waals surface area contributed by atoms with Crippen LogP contribution in [0.25, 0.3) is 11.3 Å². The maximum absolute atomic E-state index is 13.1. The van der Waals surface area contributed by atoms with Gasteiger partial charge in [0.2, 0.25) is 5.88 Å². The number of carbonyl (C=O) groups excluding carboxylic acids is 1. The molecule has 0 spiro atoms. The molecule has 0 bridgehead atoms. The number of aryl methyl sites for hydroxylation is 1. The lowest BCUT2D eigenvalue weighted by molar-refractivity contribution is 0.0518. The Balaban J connectivity index is 1.48. The summed E-state index contributed by atoms with van der Waals surface area (Å²) in [6, 6.07) is 9.51. The molecule has 28 heavy (non-hydrogen) atoms. The van der Waals surface area contributed by atoms with Crippen molar-refractivity contribution < 1.29 is 13.9 Å². The van der Waals surface area contributed by atoms with Gasteiger partial charge in [-0.15, -0.1) is 0 Å². The molecule has 8 heteroatoms. The van der Waals surface area contributed by atoms with E-state index in [9.17, 15) is 9.18 Å². The fraction of sp³-hybridized carbons (Fsp3) is 0.300. The Bertz CT molecular complexity index is 958. The topological polar surface area (TPSA) is 73.1 Å². The number of hydrogen-bond donors (Lipinski definition) is 0. The van der Waals surface area contributed by atoms with Crippen molar-refractivity contribution in [1.29, 1.82) is 0 Å². The molecule has 1 aliphatic heterocycles. The number of hydrogen-bond acceptors (Lipinski definition) is 5. The highest BCUT2D eigenvalue weighted by atomic mass is 19.1. The van der Waals surface area contributed by atoms with E-state index >= 15 is 0 Å². The molecule has 1 aromatic carbocycles. The van der Waals surface area contributed by atoms with Crippen molar-refractivity contribution in [1.82, 2.24) is 24.6 Å². The van der Waals surface area contributed by atoms with Crippen molar-refractivity contribution in [3.05, 3.63) is 60.4 Å². The lowest BCUT2D eigenvalue weighted by atomic mass is 10.1. The van der Waals surface area contributed by atoms with Crippen LogP contribution in [0.5, 0.6) is 5.88 Å². The summed E-state index contributed by atoms with van der Waals surface area (Å²) in [6.45, 7) is 1.15. The van der Waals surface area contributed by atoms with E-state index in [1.54, 1.807) is 47.1 Å². The van der Waals surface area contributed by atoms with Crippen LogP contribution in [0.3, 0.4) is 0 Å². The minimum atomic E-state index is -0.306. The normalized spacial score (nSPS) is 16.8. The van der Waals surface area contributed by atoms with Crippen molar-refractivity contribution in [3.63, 3.8) is 0 Å². The number of ether oxygens (including phenoxy) is 1. The van der Waals surface area contributed by atoms with Crippen molar-refractivity contribution in [3.8, 4) is 17.1 Å². The second-order valence-electron chi connectivity index (χ2n) is 6.73. The third-order valence-corrected chi connectivity index (χ3v) is 4.75. The van der Waals surface area contributed by atoms with E-state index in [0.717, 1.165) is 18.4 Å². The van der Waals surface area contributed by atoms with Gasteiger partial charge in [0, 0.05) is 31.4 Å². The van der Waals surface area contributed by atoms with Crippen LogP contribution in [0.2, 0.25) is 0 Å². The molecule has 0 N–H and O–H groups in total. The summed E-state index contributed by atoms with van der Waals surface area (Å²) in [4.78, 5) is 22.8.